The van der Waals surface area contributed by atoms with Gasteiger partial charge in [-0.3, -0.25) is 14.9 Å². The summed E-state index contributed by atoms with van der Waals surface area (Å²) in [5.74, 6) is -2.78. The van der Waals surface area contributed by atoms with Gasteiger partial charge in [0.2, 0.25) is 0 Å². The van der Waals surface area contributed by atoms with Crippen LogP contribution in [0.3, 0.4) is 0 Å². The van der Waals surface area contributed by atoms with Gasteiger partial charge in [-0.15, -0.1) is 0 Å². The number of ether oxygens (including phenoxy) is 1. The van der Waals surface area contributed by atoms with Gasteiger partial charge in [-0.1, -0.05) is 18.2 Å². The number of nitrogens with zero attached hydrogens (tertiary/aromatic N) is 2. The van der Waals surface area contributed by atoms with Crippen molar-refractivity contribution in [2.24, 2.45) is 5.92 Å². The third kappa shape index (κ3) is 5.30. The summed E-state index contributed by atoms with van der Waals surface area (Å²) in [6, 6.07) is 9.30. The number of aliphatic carboxylic acids is 1. The van der Waals surface area contributed by atoms with E-state index in [0.29, 0.717) is 0 Å². The van der Waals surface area contributed by atoms with Crippen LogP contribution in [0.15, 0.2) is 48.5 Å². The Hall–Kier alpha value is -3.63. The van der Waals surface area contributed by atoms with Crippen molar-refractivity contribution in [3.8, 4) is 5.75 Å². The minimum absolute atomic E-state index is 0.0173. The number of amides is 1. The number of nitro groups is 1. The first-order chi connectivity index (χ1) is 14.5. The Morgan fingerprint density at radius 3 is 2.39 bits per heavy atom. The Labute approximate surface area is 174 Å². The summed E-state index contributed by atoms with van der Waals surface area (Å²) in [6.07, 6.45) is -5.37. The van der Waals surface area contributed by atoms with Crippen molar-refractivity contribution in [2.45, 2.75) is 18.5 Å². The van der Waals surface area contributed by atoms with Crippen molar-refractivity contribution in [1.82, 2.24) is 4.90 Å². The van der Waals surface area contributed by atoms with Crippen LogP contribution in [0.25, 0.3) is 0 Å². The van der Waals surface area contributed by atoms with Crippen LogP contribution in [-0.4, -0.2) is 40.1 Å². The van der Waals surface area contributed by atoms with Crippen molar-refractivity contribution >= 4 is 17.7 Å². The lowest BCUT2D eigenvalue weighted by Gasteiger charge is -2.35. The van der Waals surface area contributed by atoms with Gasteiger partial charge in [-0.05, 0) is 30.2 Å². The highest BCUT2D eigenvalue weighted by Gasteiger charge is 2.37. The molecule has 1 heterocycles. The van der Waals surface area contributed by atoms with E-state index in [4.69, 9.17) is 4.74 Å². The Bertz CT molecular complexity index is 993. The lowest BCUT2D eigenvalue weighted by atomic mass is 9.84. The normalized spacial score (nSPS) is 19.0. The summed E-state index contributed by atoms with van der Waals surface area (Å²) in [7, 11) is 0. The number of carbonyl (C=O) groups excluding carboxylic acids is 1. The molecule has 2 aromatic rings. The van der Waals surface area contributed by atoms with E-state index in [1.54, 1.807) is 0 Å². The zero-order chi connectivity index (χ0) is 22.8. The molecule has 11 heteroatoms. The Morgan fingerprint density at radius 1 is 1.13 bits per heavy atom. The van der Waals surface area contributed by atoms with Crippen LogP contribution in [0.2, 0.25) is 0 Å². The highest BCUT2D eigenvalue weighted by molar-refractivity contribution is 5.75. The van der Waals surface area contributed by atoms with E-state index in [2.05, 4.69) is 0 Å². The summed E-state index contributed by atoms with van der Waals surface area (Å²) in [4.78, 5) is 35.3. The summed E-state index contributed by atoms with van der Waals surface area (Å²) in [5.41, 5.74) is -0.787. The largest absolute Gasteiger partial charge is 0.481 e. The van der Waals surface area contributed by atoms with Crippen LogP contribution in [0, 0.1) is 16.0 Å². The van der Waals surface area contributed by atoms with Crippen LogP contribution in [0.5, 0.6) is 5.75 Å². The minimum atomic E-state index is -4.55. The molecule has 1 aliphatic rings. The van der Waals surface area contributed by atoms with Crippen LogP contribution in [-0.2, 0) is 11.0 Å². The molecule has 0 spiro atoms. The molecular weight excluding hydrogens is 421 g/mol. The van der Waals surface area contributed by atoms with E-state index in [-0.39, 0.29) is 36.5 Å². The van der Waals surface area contributed by atoms with Gasteiger partial charge in [-0.25, -0.2) is 4.79 Å². The summed E-state index contributed by atoms with van der Waals surface area (Å²) in [6.45, 7) is -0.201. The Kier molecular flexibility index (Phi) is 6.14. The molecule has 0 radical (unpaired) electrons. The highest BCUT2D eigenvalue weighted by Crippen LogP contribution is 2.35. The Balaban J connectivity index is 1.79. The molecule has 2 atom stereocenters. The third-order valence-corrected chi connectivity index (χ3v) is 5.00. The van der Waals surface area contributed by atoms with Gasteiger partial charge in [0.25, 0.3) is 5.69 Å². The molecule has 1 amide bonds. The van der Waals surface area contributed by atoms with Crippen molar-refractivity contribution in [3.05, 3.63) is 69.8 Å². The molecule has 1 saturated heterocycles. The van der Waals surface area contributed by atoms with Gasteiger partial charge in [0, 0.05) is 31.1 Å². The molecule has 164 valence electrons. The predicted octanol–water partition coefficient (Wildman–Crippen LogP) is 4.30. The molecule has 0 aromatic heterocycles. The molecule has 2 aromatic carbocycles. The standard InChI is InChI=1S/C20H17F3N2O6/c21-20(22,23)15-3-1-2-12(9-15)13-8-14(18(26)27)11-24(10-13)19(28)31-17-6-4-16(5-7-17)25(29)30/h1-7,9,13-14H,8,10-11H2,(H,26,27). The lowest BCUT2D eigenvalue weighted by molar-refractivity contribution is -0.384. The predicted molar refractivity (Wildman–Crippen MR) is 101 cm³/mol. The highest BCUT2D eigenvalue weighted by atomic mass is 19.4. The summed E-state index contributed by atoms with van der Waals surface area (Å²) in [5, 5.41) is 20.1. The number of rotatable bonds is 4. The van der Waals surface area contributed by atoms with Crippen LogP contribution < -0.4 is 4.74 Å². The number of non-ortho nitro benzene ring substituents is 1. The number of nitro benzene ring substituents is 1. The first kappa shape index (κ1) is 22.1. The van der Waals surface area contributed by atoms with Crippen LogP contribution in [0.4, 0.5) is 23.7 Å². The second-order valence-electron chi connectivity index (χ2n) is 7.11. The number of benzene rings is 2. The van der Waals surface area contributed by atoms with Crippen LogP contribution >= 0.6 is 0 Å². The van der Waals surface area contributed by atoms with Gasteiger partial charge in [0.15, 0.2) is 0 Å². The first-order valence-electron chi connectivity index (χ1n) is 9.15. The van der Waals surface area contributed by atoms with E-state index >= 15 is 0 Å². The molecule has 1 fully saturated rings. The number of hydrogen-bond donors (Lipinski definition) is 1. The second-order valence-corrected chi connectivity index (χ2v) is 7.11. The molecule has 0 aliphatic carbocycles. The number of hydrogen-bond acceptors (Lipinski definition) is 5. The smallest absolute Gasteiger partial charge is 0.416 e. The molecule has 1 N–H and O–H groups in total. The fourth-order valence-electron chi connectivity index (χ4n) is 3.44. The molecular formula is C20H17F3N2O6. The maximum atomic E-state index is 13.0. The van der Waals surface area contributed by atoms with Crippen molar-refractivity contribution in [2.75, 3.05) is 13.1 Å². The number of carboxylic acid groups (broad SMARTS) is 1. The number of carbonyl (C=O) groups is 2. The fraction of sp³-hybridized carbons (Fsp3) is 0.300. The van der Waals surface area contributed by atoms with E-state index in [0.717, 1.165) is 29.2 Å². The molecule has 31 heavy (non-hydrogen) atoms. The zero-order valence-electron chi connectivity index (χ0n) is 15.9. The monoisotopic (exact) mass is 438 g/mol. The quantitative estimate of drug-likeness (QED) is 0.563. The van der Waals surface area contributed by atoms with Crippen molar-refractivity contribution in [1.29, 1.82) is 0 Å². The van der Waals surface area contributed by atoms with E-state index in [1.807, 2.05) is 0 Å². The van der Waals surface area contributed by atoms with Crippen molar-refractivity contribution < 1.29 is 37.5 Å². The van der Waals surface area contributed by atoms with E-state index in [1.165, 1.54) is 24.3 Å². The zero-order valence-corrected chi connectivity index (χ0v) is 15.9. The summed E-state index contributed by atoms with van der Waals surface area (Å²) >= 11 is 0. The second kappa shape index (κ2) is 8.62. The van der Waals surface area contributed by atoms with Crippen molar-refractivity contribution in [3.63, 3.8) is 0 Å². The molecule has 3 rings (SSSR count). The Morgan fingerprint density at radius 2 is 1.81 bits per heavy atom. The first-order valence-corrected chi connectivity index (χ1v) is 9.15. The lowest BCUT2D eigenvalue weighted by Crippen LogP contribution is -2.46. The number of alkyl halides is 3. The molecule has 0 bridgehead atoms. The van der Waals surface area contributed by atoms with Gasteiger partial charge in [0.1, 0.15) is 5.75 Å². The molecule has 2 unspecified atom stereocenters. The summed E-state index contributed by atoms with van der Waals surface area (Å²) < 4.78 is 44.3. The number of likely N-dealkylation sites (tertiary alicyclic amines) is 1. The van der Waals surface area contributed by atoms with Gasteiger partial charge in [0.05, 0.1) is 16.4 Å². The molecule has 0 saturated carbocycles. The fourth-order valence-corrected chi connectivity index (χ4v) is 3.44. The van der Waals surface area contributed by atoms with Gasteiger partial charge >= 0.3 is 18.2 Å². The topological polar surface area (TPSA) is 110 Å². The number of piperidine rings is 1. The number of carboxylic acids is 1. The average molecular weight is 438 g/mol. The number of halogens is 3. The minimum Gasteiger partial charge on any atom is -0.481 e. The van der Waals surface area contributed by atoms with Gasteiger partial charge < -0.3 is 14.7 Å². The maximum absolute atomic E-state index is 13.0. The van der Waals surface area contributed by atoms with E-state index in [9.17, 15) is 38.0 Å². The van der Waals surface area contributed by atoms with E-state index < -0.39 is 40.6 Å². The SMILES string of the molecule is O=C(O)C1CC(c2cccc(C(F)(F)F)c2)CN(C(=O)Oc2ccc([N+](=O)[O-])cc2)C1. The molecule has 8 nitrogen and oxygen atoms in total. The van der Waals surface area contributed by atoms with Crippen LogP contribution in [0.1, 0.15) is 23.5 Å². The van der Waals surface area contributed by atoms with Gasteiger partial charge in [-0.2, -0.15) is 13.2 Å². The third-order valence-electron chi connectivity index (χ3n) is 5.00. The maximum Gasteiger partial charge on any atom is 0.416 e. The molecule has 1 aliphatic heterocycles. The average Bonchev–Trinajstić information content (AvgIpc) is 2.73.